The van der Waals surface area contributed by atoms with Gasteiger partial charge in [0.1, 0.15) is 5.58 Å². The summed E-state index contributed by atoms with van der Waals surface area (Å²) in [4.78, 5) is 11.3. The maximum absolute atomic E-state index is 6.52. The maximum Gasteiger partial charge on any atom is 0.159 e. The first kappa shape index (κ1) is 31.0. The summed E-state index contributed by atoms with van der Waals surface area (Å²) in [7, 11) is 0. The van der Waals surface area contributed by atoms with Crippen molar-refractivity contribution in [1.82, 2.24) is 9.97 Å². The Balaban J connectivity index is 1.06. The Morgan fingerprint density at radius 1 is 0.588 bits per heavy atom. The number of furan rings is 1. The van der Waals surface area contributed by atoms with Crippen LogP contribution >= 0.6 is 11.3 Å². The van der Waals surface area contributed by atoms with E-state index < -0.39 is 0 Å². The zero-order valence-corrected chi connectivity index (χ0v) is 29.5. The quantitative estimate of drug-likeness (QED) is 0.173. The molecule has 51 heavy (non-hydrogen) atoms. The van der Waals surface area contributed by atoms with Crippen LogP contribution in [-0.2, 0) is 0 Å². The van der Waals surface area contributed by atoms with E-state index in [1.54, 1.807) is 6.20 Å². The normalized spacial score (nSPS) is 12.3. The molecule has 0 aliphatic heterocycles. The van der Waals surface area contributed by atoms with Gasteiger partial charge in [0.25, 0.3) is 0 Å². The molecule has 248 valence electrons. The number of thiophene rings is 1. The van der Waals surface area contributed by atoms with Crippen molar-refractivity contribution in [3.05, 3.63) is 146 Å². The number of hydrogen-bond donors (Lipinski definition) is 1. The highest BCUT2D eigenvalue weighted by atomic mass is 32.1. The Morgan fingerprint density at radius 3 is 2.20 bits per heavy atom. The van der Waals surface area contributed by atoms with Crippen LogP contribution in [0.15, 0.2) is 151 Å². The molecule has 0 bridgehead atoms. The molecule has 6 heteroatoms. The number of nitrogens with zero attached hydrogens (tertiary/aromatic N) is 3. The predicted molar refractivity (Wildman–Crippen MR) is 216 cm³/mol. The smallest absolute Gasteiger partial charge is 0.159 e. The van der Waals surface area contributed by atoms with E-state index >= 15 is 0 Å². The Kier molecular flexibility index (Phi) is 7.74. The number of aromatic nitrogens is 2. The molecule has 0 fully saturated rings. The second-order valence-electron chi connectivity index (χ2n) is 13.5. The molecule has 5 aromatic carbocycles. The fourth-order valence-electron chi connectivity index (χ4n) is 7.05. The van der Waals surface area contributed by atoms with Crippen LogP contribution in [0.4, 0.5) is 22.7 Å². The molecule has 1 atom stereocenters. The summed E-state index contributed by atoms with van der Waals surface area (Å²) in [5.41, 5.74) is 10.5. The second-order valence-corrected chi connectivity index (χ2v) is 14.6. The van der Waals surface area contributed by atoms with Crippen molar-refractivity contribution < 1.29 is 4.42 Å². The van der Waals surface area contributed by atoms with Gasteiger partial charge in [-0.05, 0) is 78.6 Å². The van der Waals surface area contributed by atoms with Gasteiger partial charge in [-0.15, -0.1) is 11.3 Å². The lowest BCUT2D eigenvalue weighted by Gasteiger charge is -2.34. The minimum absolute atomic E-state index is 0.244. The Labute approximate surface area is 300 Å². The lowest BCUT2D eigenvalue weighted by Crippen LogP contribution is -2.32. The first-order chi connectivity index (χ1) is 25.0. The molecular weight excluding hydrogens is 645 g/mol. The molecule has 5 nitrogen and oxygen atoms in total. The Morgan fingerprint density at radius 2 is 1.33 bits per heavy atom. The standard InChI is InChI=1S/C45H36N4OS/c1-28(2)29(3)49(41-14-7-13-40-37-12-4-5-15-42(37)50-45(40)41)36-17-19-39-38-18-16-31(23-43(38)51-44(39)24-36)33-22-35(27-47-26-33)48-34-11-6-9-30(21-34)32-10-8-20-46-25-32/h4-29,48H,1-3H3/t29-/m1/s1. The number of fused-ring (bicyclic) bond motifs is 6. The van der Waals surface area contributed by atoms with E-state index in [9.17, 15) is 0 Å². The zero-order chi connectivity index (χ0) is 34.5. The fraction of sp³-hybridized carbons (Fsp3) is 0.111. The number of anilines is 4. The topological polar surface area (TPSA) is 54.2 Å². The summed E-state index contributed by atoms with van der Waals surface area (Å²) in [5.74, 6) is 0.425. The average Bonchev–Trinajstić information content (AvgIpc) is 3.73. The molecule has 1 N–H and O–H groups in total. The number of pyridine rings is 2. The van der Waals surface area contributed by atoms with Crippen molar-refractivity contribution in [2.45, 2.75) is 26.8 Å². The summed E-state index contributed by atoms with van der Waals surface area (Å²) in [6, 6.07) is 43.3. The van der Waals surface area contributed by atoms with Crippen molar-refractivity contribution in [3.63, 3.8) is 0 Å². The molecule has 0 saturated heterocycles. The van der Waals surface area contributed by atoms with Crippen LogP contribution in [0.2, 0.25) is 0 Å². The summed E-state index contributed by atoms with van der Waals surface area (Å²) in [5, 5.41) is 8.39. The average molecular weight is 681 g/mol. The van der Waals surface area contributed by atoms with Gasteiger partial charge in [-0.1, -0.05) is 80.6 Å². The third-order valence-corrected chi connectivity index (χ3v) is 11.1. The van der Waals surface area contributed by atoms with Crippen LogP contribution in [0.25, 0.3) is 64.4 Å². The molecule has 0 radical (unpaired) electrons. The number of nitrogens with one attached hydrogen (secondary N) is 1. The van der Waals surface area contributed by atoms with Crippen LogP contribution in [0.3, 0.4) is 0 Å². The van der Waals surface area contributed by atoms with E-state index in [4.69, 9.17) is 4.42 Å². The highest BCUT2D eigenvalue weighted by Crippen LogP contribution is 2.43. The minimum Gasteiger partial charge on any atom is -0.454 e. The summed E-state index contributed by atoms with van der Waals surface area (Å²) in [6.07, 6.45) is 7.49. The van der Waals surface area contributed by atoms with Gasteiger partial charge in [0, 0.05) is 78.1 Å². The SMILES string of the molecule is CC(C)[C@@H](C)N(c1ccc2c(c1)sc1cc(-c3cncc(Nc4cccc(-c5cccnc5)c4)c3)ccc12)c1cccc2c1oc1ccccc12. The van der Waals surface area contributed by atoms with Crippen LogP contribution < -0.4 is 10.2 Å². The number of rotatable bonds is 8. The number of benzene rings is 5. The van der Waals surface area contributed by atoms with Crippen LogP contribution in [0.1, 0.15) is 20.8 Å². The van der Waals surface area contributed by atoms with Gasteiger partial charge in [0.05, 0.1) is 17.6 Å². The highest BCUT2D eigenvalue weighted by molar-refractivity contribution is 7.25. The molecule has 0 saturated carbocycles. The molecule has 4 aromatic heterocycles. The number of hydrogen-bond acceptors (Lipinski definition) is 6. The van der Waals surface area contributed by atoms with E-state index in [0.717, 1.165) is 61.3 Å². The van der Waals surface area contributed by atoms with Crippen molar-refractivity contribution in [1.29, 1.82) is 0 Å². The van der Waals surface area contributed by atoms with Gasteiger partial charge in [-0.3, -0.25) is 9.97 Å². The fourth-order valence-corrected chi connectivity index (χ4v) is 8.23. The molecule has 4 heterocycles. The number of para-hydroxylation sites is 2. The molecule has 0 aliphatic rings. The molecule has 9 aromatic rings. The molecule has 0 spiro atoms. The van der Waals surface area contributed by atoms with Gasteiger partial charge in [0.2, 0.25) is 0 Å². The van der Waals surface area contributed by atoms with E-state index in [-0.39, 0.29) is 6.04 Å². The predicted octanol–water partition coefficient (Wildman–Crippen LogP) is 13.0. The Bertz CT molecular complexity index is 2690. The van der Waals surface area contributed by atoms with Gasteiger partial charge in [0.15, 0.2) is 5.58 Å². The third-order valence-electron chi connectivity index (χ3n) is 9.97. The van der Waals surface area contributed by atoms with E-state index in [1.165, 1.54) is 25.9 Å². The first-order valence-corrected chi connectivity index (χ1v) is 18.2. The summed E-state index contributed by atoms with van der Waals surface area (Å²) in [6.45, 7) is 6.88. The molecular formula is C45H36N4OS. The van der Waals surface area contributed by atoms with Crippen molar-refractivity contribution >= 4 is 76.2 Å². The second kappa shape index (κ2) is 12.7. The van der Waals surface area contributed by atoms with Crippen LogP contribution in [0, 0.1) is 5.92 Å². The monoisotopic (exact) mass is 680 g/mol. The van der Waals surface area contributed by atoms with Crippen molar-refractivity contribution in [2.75, 3.05) is 10.2 Å². The third kappa shape index (κ3) is 5.68. The van der Waals surface area contributed by atoms with Gasteiger partial charge in [-0.25, -0.2) is 0 Å². The largest absolute Gasteiger partial charge is 0.454 e. The Hall–Kier alpha value is -5.98. The first-order valence-electron chi connectivity index (χ1n) is 17.4. The lowest BCUT2D eigenvalue weighted by molar-refractivity contribution is 0.517. The van der Waals surface area contributed by atoms with Crippen molar-refractivity contribution in [3.8, 4) is 22.3 Å². The lowest BCUT2D eigenvalue weighted by atomic mass is 10.0. The van der Waals surface area contributed by atoms with E-state index in [1.807, 2.05) is 42.1 Å². The van der Waals surface area contributed by atoms with Crippen LogP contribution in [0.5, 0.6) is 0 Å². The maximum atomic E-state index is 6.52. The zero-order valence-electron chi connectivity index (χ0n) is 28.7. The van der Waals surface area contributed by atoms with Crippen molar-refractivity contribution in [2.24, 2.45) is 5.92 Å². The van der Waals surface area contributed by atoms with E-state index in [0.29, 0.717) is 5.92 Å². The van der Waals surface area contributed by atoms with Crippen LogP contribution in [-0.4, -0.2) is 16.0 Å². The molecule has 9 rings (SSSR count). The summed E-state index contributed by atoms with van der Waals surface area (Å²) >= 11 is 1.84. The molecule has 0 aliphatic carbocycles. The molecule has 0 amide bonds. The minimum atomic E-state index is 0.244. The molecule has 0 unspecified atom stereocenters. The highest BCUT2D eigenvalue weighted by Gasteiger charge is 2.24. The van der Waals surface area contributed by atoms with E-state index in [2.05, 4.69) is 150 Å². The summed E-state index contributed by atoms with van der Waals surface area (Å²) < 4.78 is 9.04. The van der Waals surface area contributed by atoms with Gasteiger partial charge < -0.3 is 14.6 Å². The van der Waals surface area contributed by atoms with Gasteiger partial charge in [-0.2, -0.15) is 0 Å². The van der Waals surface area contributed by atoms with Gasteiger partial charge >= 0.3 is 0 Å².